The van der Waals surface area contributed by atoms with Crippen molar-refractivity contribution in [1.29, 1.82) is 0 Å². The second-order valence-electron chi connectivity index (χ2n) is 5.92. The lowest BCUT2D eigenvalue weighted by Gasteiger charge is -2.13. The van der Waals surface area contributed by atoms with Gasteiger partial charge in [-0.25, -0.2) is 0 Å². The Balaban J connectivity index is 2.42. The third-order valence-electron chi connectivity index (χ3n) is 3.88. The third-order valence-corrected chi connectivity index (χ3v) is 3.88. The molecule has 1 heterocycles. The zero-order valence-electron chi connectivity index (χ0n) is 12.9. The van der Waals surface area contributed by atoms with Gasteiger partial charge in [-0.05, 0) is 68.0 Å². The van der Waals surface area contributed by atoms with Gasteiger partial charge in [0.15, 0.2) is 0 Å². The summed E-state index contributed by atoms with van der Waals surface area (Å²) in [4.78, 5) is 4.66. The van der Waals surface area contributed by atoms with E-state index < -0.39 is 0 Å². The summed E-state index contributed by atoms with van der Waals surface area (Å²) in [5.74, 6) is 0.513. The molecule has 0 saturated heterocycles. The van der Waals surface area contributed by atoms with Gasteiger partial charge in [0, 0.05) is 11.1 Å². The average molecular weight is 270 g/mol. The molecule has 0 aliphatic carbocycles. The van der Waals surface area contributed by atoms with Crippen LogP contribution in [0.4, 0.5) is 0 Å². The number of hydrogen-bond acceptors (Lipinski definition) is 2. The van der Waals surface area contributed by atoms with Crippen LogP contribution in [0.3, 0.4) is 0 Å². The number of nitrogens with two attached hydrogens (primary N) is 1. The van der Waals surface area contributed by atoms with Crippen molar-refractivity contribution in [2.24, 2.45) is 11.7 Å². The first kappa shape index (κ1) is 15.0. The average Bonchev–Trinajstić information content (AvgIpc) is 2.45. The lowest BCUT2D eigenvalue weighted by atomic mass is 9.95. The molecule has 0 aliphatic rings. The van der Waals surface area contributed by atoms with Crippen LogP contribution in [0, 0.1) is 12.8 Å². The normalized spacial score (nSPS) is 12.8. The Morgan fingerprint density at radius 3 is 2.75 bits per heavy atom. The smallest absolute Gasteiger partial charge is 0.0708 e. The maximum absolute atomic E-state index is 5.78. The first-order chi connectivity index (χ1) is 9.63. The summed E-state index contributed by atoms with van der Waals surface area (Å²) in [6.45, 7) is 7.25. The van der Waals surface area contributed by atoms with Crippen molar-refractivity contribution < 1.29 is 0 Å². The Morgan fingerprint density at radius 2 is 2.05 bits per heavy atom. The van der Waals surface area contributed by atoms with Gasteiger partial charge in [0.2, 0.25) is 0 Å². The van der Waals surface area contributed by atoms with Crippen molar-refractivity contribution in [2.75, 3.05) is 6.54 Å². The van der Waals surface area contributed by atoms with Crippen LogP contribution in [0.5, 0.6) is 0 Å². The molecule has 2 aromatic rings. The van der Waals surface area contributed by atoms with Crippen molar-refractivity contribution in [3.05, 3.63) is 41.1 Å². The van der Waals surface area contributed by atoms with Crippen molar-refractivity contribution in [1.82, 2.24) is 4.98 Å². The van der Waals surface area contributed by atoms with Gasteiger partial charge in [0.05, 0.1) is 5.52 Å². The number of hydrogen-bond donors (Lipinski definition) is 1. The van der Waals surface area contributed by atoms with Gasteiger partial charge >= 0.3 is 0 Å². The number of benzene rings is 1. The van der Waals surface area contributed by atoms with Crippen LogP contribution in [0.15, 0.2) is 24.3 Å². The third kappa shape index (κ3) is 3.57. The fourth-order valence-corrected chi connectivity index (χ4v) is 2.65. The lowest BCUT2D eigenvalue weighted by molar-refractivity contribution is 0.595. The van der Waals surface area contributed by atoms with Gasteiger partial charge in [0.25, 0.3) is 0 Å². The van der Waals surface area contributed by atoms with E-state index in [1.807, 2.05) is 0 Å². The number of rotatable bonds is 6. The highest BCUT2D eigenvalue weighted by molar-refractivity contribution is 5.83. The van der Waals surface area contributed by atoms with Gasteiger partial charge in [-0.15, -0.1) is 0 Å². The highest BCUT2D eigenvalue weighted by Gasteiger charge is 2.08. The molecular formula is C18H26N2. The predicted octanol–water partition coefficient (Wildman–Crippen LogP) is 4.02. The summed E-state index contributed by atoms with van der Waals surface area (Å²) >= 11 is 0. The van der Waals surface area contributed by atoms with E-state index in [1.54, 1.807) is 0 Å². The molecule has 0 fully saturated rings. The van der Waals surface area contributed by atoms with E-state index in [-0.39, 0.29) is 0 Å². The van der Waals surface area contributed by atoms with Crippen LogP contribution in [0.1, 0.15) is 43.5 Å². The number of pyridine rings is 1. The number of unbranched alkanes of at least 4 members (excludes halogenated alkanes) is 1. The van der Waals surface area contributed by atoms with E-state index in [0.29, 0.717) is 5.92 Å². The van der Waals surface area contributed by atoms with Gasteiger partial charge in [-0.3, -0.25) is 4.98 Å². The zero-order chi connectivity index (χ0) is 14.5. The Labute approximate surface area is 122 Å². The molecule has 1 aromatic carbocycles. The molecule has 1 atom stereocenters. The zero-order valence-corrected chi connectivity index (χ0v) is 12.9. The molecular weight excluding hydrogens is 244 g/mol. The number of aryl methyl sites for hydroxylation is 2. The van der Waals surface area contributed by atoms with E-state index in [1.165, 1.54) is 29.4 Å². The first-order valence-electron chi connectivity index (χ1n) is 7.73. The summed E-state index contributed by atoms with van der Waals surface area (Å²) in [6, 6.07) is 8.94. The molecule has 1 aromatic heterocycles. The molecule has 0 aliphatic heterocycles. The lowest BCUT2D eigenvalue weighted by Crippen LogP contribution is -2.13. The quantitative estimate of drug-likeness (QED) is 0.861. The maximum atomic E-state index is 5.78. The van der Waals surface area contributed by atoms with Crippen LogP contribution >= 0.6 is 0 Å². The van der Waals surface area contributed by atoms with Gasteiger partial charge in [-0.1, -0.05) is 26.3 Å². The fraction of sp³-hybridized carbons (Fsp3) is 0.500. The Hall–Kier alpha value is -1.41. The van der Waals surface area contributed by atoms with Crippen molar-refractivity contribution >= 4 is 10.9 Å². The molecule has 20 heavy (non-hydrogen) atoms. The highest BCUT2D eigenvalue weighted by atomic mass is 14.7. The van der Waals surface area contributed by atoms with E-state index >= 15 is 0 Å². The van der Waals surface area contributed by atoms with Crippen LogP contribution in [-0.4, -0.2) is 11.5 Å². The van der Waals surface area contributed by atoms with E-state index in [9.17, 15) is 0 Å². The van der Waals surface area contributed by atoms with Crippen LogP contribution < -0.4 is 5.73 Å². The van der Waals surface area contributed by atoms with Gasteiger partial charge < -0.3 is 5.73 Å². The summed E-state index contributed by atoms with van der Waals surface area (Å²) in [5, 5.41) is 1.31. The number of aromatic nitrogens is 1. The molecule has 0 spiro atoms. The monoisotopic (exact) mass is 270 g/mol. The fourth-order valence-electron chi connectivity index (χ4n) is 2.65. The van der Waals surface area contributed by atoms with E-state index in [0.717, 1.165) is 30.6 Å². The van der Waals surface area contributed by atoms with Crippen LogP contribution in [0.25, 0.3) is 10.9 Å². The molecule has 0 saturated carbocycles. The van der Waals surface area contributed by atoms with E-state index in [2.05, 4.69) is 50.0 Å². The standard InChI is InChI=1S/C18H26N2/c1-4-5-6-15-7-8-18-17(11-15)16(9-13(2)12-19)10-14(3)20-18/h7-8,10-11,13H,4-6,9,12,19H2,1-3H3. The molecule has 0 bridgehead atoms. The minimum Gasteiger partial charge on any atom is -0.330 e. The second-order valence-corrected chi connectivity index (χ2v) is 5.92. The number of fused-ring (bicyclic) bond motifs is 1. The Morgan fingerprint density at radius 1 is 1.25 bits per heavy atom. The van der Waals surface area contributed by atoms with Crippen molar-refractivity contribution in [2.45, 2.75) is 46.5 Å². The molecule has 0 amide bonds. The summed E-state index contributed by atoms with van der Waals surface area (Å²) in [5.41, 5.74) is 10.8. The first-order valence-corrected chi connectivity index (χ1v) is 7.73. The van der Waals surface area contributed by atoms with Crippen molar-refractivity contribution in [3.8, 4) is 0 Å². The molecule has 2 N–H and O–H groups in total. The number of nitrogens with zero attached hydrogens (tertiary/aromatic N) is 1. The summed E-state index contributed by atoms with van der Waals surface area (Å²) < 4.78 is 0. The topological polar surface area (TPSA) is 38.9 Å². The SMILES string of the molecule is CCCCc1ccc2nc(C)cc(CC(C)CN)c2c1. The van der Waals surface area contributed by atoms with Gasteiger partial charge in [-0.2, -0.15) is 0 Å². The summed E-state index contributed by atoms with van der Waals surface area (Å²) in [6.07, 6.45) is 4.68. The second kappa shape index (κ2) is 6.85. The molecule has 2 heteroatoms. The summed E-state index contributed by atoms with van der Waals surface area (Å²) in [7, 11) is 0. The molecule has 108 valence electrons. The Kier molecular flexibility index (Phi) is 5.13. The van der Waals surface area contributed by atoms with Crippen molar-refractivity contribution in [3.63, 3.8) is 0 Å². The van der Waals surface area contributed by atoms with Crippen LogP contribution in [0.2, 0.25) is 0 Å². The molecule has 1 unspecified atom stereocenters. The van der Waals surface area contributed by atoms with Gasteiger partial charge in [0.1, 0.15) is 0 Å². The maximum Gasteiger partial charge on any atom is 0.0708 e. The Bertz CT molecular complexity index is 575. The minimum absolute atomic E-state index is 0.513. The van der Waals surface area contributed by atoms with Crippen LogP contribution in [-0.2, 0) is 12.8 Å². The minimum atomic E-state index is 0.513. The largest absolute Gasteiger partial charge is 0.330 e. The predicted molar refractivity (Wildman–Crippen MR) is 87.0 cm³/mol. The molecule has 0 radical (unpaired) electrons. The molecule has 2 rings (SSSR count). The molecule has 2 nitrogen and oxygen atoms in total. The van der Waals surface area contributed by atoms with E-state index in [4.69, 9.17) is 5.73 Å². The highest BCUT2D eigenvalue weighted by Crippen LogP contribution is 2.23.